The molecule has 0 aliphatic rings. The molecule has 0 aromatic rings. The van der Waals surface area contributed by atoms with Gasteiger partial charge in [-0.15, -0.1) is 0 Å². The van der Waals surface area contributed by atoms with Gasteiger partial charge < -0.3 is 9.90 Å². The molecule has 0 rings (SSSR count). The molecule has 0 amide bonds. The fourth-order valence-corrected chi connectivity index (χ4v) is 3.74. The number of carboxylic acids is 1. The van der Waals surface area contributed by atoms with E-state index in [-0.39, 0.29) is 6.54 Å². The van der Waals surface area contributed by atoms with E-state index < -0.39 is 5.97 Å². The molecular weight excluding hydrogens is 334 g/mol. The highest BCUT2D eigenvalue weighted by Crippen LogP contribution is 2.12. The van der Waals surface area contributed by atoms with Crippen molar-refractivity contribution < 1.29 is 9.90 Å². The second-order valence-electron chi connectivity index (χ2n) is 8.31. The van der Waals surface area contributed by atoms with Gasteiger partial charge in [0.25, 0.3) is 0 Å². The van der Waals surface area contributed by atoms with Gasteiger partial charge >= 0.3 is 0 Å². The van der Waals surface area contributed by atoms with E-state index >= 15 is 0 Å². The van der Waals surface area contributed by atoms with E-state index in [2.05, 4.69) is 18.7 Å². The van der Waals surface area contributed by atoms with Gasteiger partial charge in [-0.25, -0.2) is 0 Å². The molecule has 0 unspecified atom stereocenters. The summed E-state index contributed by atoms with van der Waals surface area (Å²) in [7, 11) is 0. The molecule has 0 bridgehead atoms. The molecule has 3 nitrogen and oxygen atoms in total. The van der Waals surface area contributed by atoms with Crippen LogP contribution in [-0.2, 0) is 4.79 Å². The minimum absolute atomic E-state index is 0.104. The van der Waals surface area contributed by atoms with Crippen LogP contribution in [0.2, 0.25) is 0 Å². The molecule has 0 fully saturated rings. The Balaban J connectivity index is 3.51. The van der Waals surface area contributed by atoms with E-state index in [0.717, 1.165) is 25.9 Å². The second kappa shape index (κ2) is 21.7. The Kier molecular flexibility index (Phi) is 21.3. The average molecular weight is 383 g/mol. The van der Waals surface area contributed by atoms with Gasteiger partial charge in [0.1, 0.15) is 0 Å². The van der Waals surface area contributed by atoms with Gasteiger partial charge in [-0.1, -0.05) is 117 Å². The summed E-state index contributed by atoms with van der Waals surface area (Å²) in [5.41, 5.74) is 0. The lowest BCUT2D eigenvalue weighted by atomic mass is 10.1. The molecule has 0 saturated carbocycles. The summed E-state index contributed by atoms with van der Waals surface area (Å²) in [6.07, 6.45) is 23.7. The molecule has 0 N–H and O–H groups in total. The topological polar surface area (TPSA) is 43.4 Å². The number of nitrogens with zero attached hydrogens (tertiary/aromatic N) is 1. The summed E-state index contributed by atoms with van der Waals surface area (Å²) in [6, 6.07) is 0. The predicted molar refractivity (Wildman–Crippen MR) is 116 cm³/mol. The quantitative estimate of drug-likeness (QED) is 0.212. The van der Waals surface area contributed by atoms with Gasteiger partial charge in [-0.2, -0.15) is 0 Å². The molecule has 0 aliphatic carbocycles. The minimum Gasteiger partial charge on any atom is -0.549 e. The number of carbonyl (C=O) groups excluding carboxylic acids is 1. The van der Waals surface area contributed by atoms with E-state index in [0.29, 0.717) is 0 Å². The lowest BCUT2D eigenvalue weighted by molar-refractivity contribution is -0.306. The second-order valence-corrected chi connectivity index (χ2v) is 8.31. The van der Waals surface area contributed by atoms with Crippen LogP contribution >= 0.6 is 0 Å². The van der Waals surface area contributed by atoms with Crippen molar-refractivity contribution in [2.24, 2.45) is 0 Å². The first-order chi connectivity index (χ1) is 13.2. The Hall–Kier alpha value is -0.570. The maximum absolute atomic E-state index is 10.9. The summed E-state index contributed by atoms with van der Waals surface area (Å²) in [5, 5.41) is 10.9. The first-order valence-corrected chi connectivity index (χ1v) is 12.1. The van der Waals surface area contributed by atoms with Crippen molar-refractivity contribution in [2.75, 3.05) is 19.6 Å². The van der Waals surface area contributed by atoms with Crippen molar-refractivity contribution in [1.29, 1.82) is 0 Å². The lowest BCUT2D eigenvalue weighted by Crippen LogP contribution is -2.39. The van der Waals surface area contributed by atoms with Crippen LogP contribution in [0, 0.1) is 0 Å². The Morgan fingerprint density at radius 3 is 1.15 bits per heavy atom. The highest BCUT2D eigenvalue weighted by molar-refractivity contribution is 5.66. The van der Waals surface area contributed by atoms with Gasteiger partial charge in [-0.05, 0) is 25.9 Å². The van der Waals surface area contributed by atoms with Crippen LogP contribution in [0.4, 0.5) is 0 Å². The van der Waals surface area contributed by atoms with E-state index in [1.54, 1.807) is 0 Å². The zero-order chi connectivity index (χ0) is 20.0. The molecule has 0 radical (unpaired) electrons. The Morgan fingerprint density at radius 1 is 0.556 bits per heavy atom. The van der Waals surface area contributed by atoms with Gasteiger partial charge in [0, 0.05) is 6.54 Å². The van der Waals surface area contributed by atoms with Crippen LogP contribution in [0.3, 0.4) is 0 Å². The third-order valence-corrected chi connectivity index (χ3v) is 5.51. The lowest BCUT2D eigenvalue weighted by Gasteiger charge is -2.22. The highest BCUT2D eigenvalue weighted by Gasteiger charge is 2.05. The summed E-state index contributed by atoms with van der Waals surface area (Å²) in [6.45, 7) is 6.44. The standard InChI is InChI=1S/C24H49NO2/c1-3-5-7-9-11-12-13-14-15-16-18-20-22-25(23-24(26)27)21-19-17-10-8-6-4-2/h3-23H2,1-2H3,(H,26,27)/p-1. The van der Waals surface area contributed by atoms with E-state index in [1.807, 2.05) is 0 Å². The maximum atomic E-state index is 10.9. The molecule has 27 heavy (non-hydrogen) atoms. The van der Waals surface area contributed by atoms with Crippen molar-refractivity contribution in [3.63, 3.8) is 0 Å². The number of unbranched alkanes of at least 4 members (excludes halogenated alkanes) is 16. The first-order valence-electron chi connectivity index (χ1n) is 12.1. The van der Waals surface area contributed by atoms with Crippen molar-refractivity contribution in [3.05, 3.63) is 0 Å². The van der Waals surface area contributed by atoms with Gasteiger partial charge in [0.15, 0.2) is 0 Å². The van der Waals surface area contributed by atoms with Crippen LogP contribution in [0.1, 0.15) is 129 Å². The van der Waals surface area contributed by atoms with Crippen LogP contribution in [0.5, 0.6) is 0 Å². The van der Waals surface area contributed by atoms with Crippen LogP contribution in [0.25, 0.3) is 0 Å². The molecule has 0 aromatic carbocycles. The largest absolute Gasteiger partial charge is 0.549 e. The smallest absolute Gasteiger partial charge is 0.0555 e. The number of hydrogen-bond donors (Lipinski definition) is 0. The number of hydrogen-bond acceptors (Lipinski definition) is 3. The molecule has 0 atom stereocenters. The van der Waals surface area contributed by atoms with Gasteiger partial charge in [0.05, 0.1) is 5.97 Å². The average Bonchev–Trinajstić information content (AvgIpc) is 2.64. The summed E-state index contributed by atoms with van der Waals surface area (Å²) in [4.78, 5) is 13.0. The SMILES string of the molecule is CCCCCCCCCCCCCCN(CCCCCCCC)CC(=O)[O-]. The van der Waals surface area contributed by atoms with Gasteiger partial charge in [-0.3, -0.25) is 4.90 Å². The molecule has 0 heterocycles. The van der Waals surface area contributed by atoms with Crippen molar-refractivity contribution in [2.45, 2.75) is 129 Å². The molecule has 162 valence electrons. The Bertz CT molecular complexity index is 307. The maximum Gasteiger partial charge on any atom is 0.0555 e. The van der Waals surface area contributed by atoms with E-state index in [9.17, 15) is 9.90 Å². The number of aliphatic carboxylic acids is 1. The van der Waals surface area contributed by atoms with Crippen LogP contribution < -0.4 is 5.11 Å². The fourth-order valence-electron chi connectivity index (χ4n) is 3.74. The van der Waals surface area contributed by atoms with Crippen molar-refractivity contribution in [3.8, 4) is 0 Å². The van der Waals surface area contributed by atoms with Crippen LogP contribution in [-0.4, -0.2) is 30.5 Å². The van der Waals surface area contributed by atoms with Crippen molar-refractivity contribution in [1.82, 2.24) is 4.90 Å². The summed E-state index contributed by atoms with van der Waals surface area (Å²) in [5.74, 6) is -0.931. The monoisotopic (exact) mass is 382 g/mol. The van der Waals surface area contributed by atoms with Gasteiger partial charge in [0.2, 0.25) is 0 Å². The predicted octanol–water partition coefficient (Wildman–Crippen LogP) is 6.10. The molecule has 0 aliphatic heterocycles. The highest BCUT2D eigenvalue weighted by atomic mass is 16.4. The Labute approximate surface area is 170 Å². The van der Waals surface area contributed by atoms with E-state index in [4.69, 9.17) is 0 Å². The van der Waals surface area contributed by atoms with E-state index in [1.165, 1.54) is 103 Å². The third-order valence-electron chi connectivity index (χ3n) is 5.51. The fraction of sp³-hybridized carbons (Fsp3) is 0.958. The number of carboxylic acid groups (broad SMARTS) is 1. The zero-order valence-electron chi connectivity index (χ0n) is 18.6. The molecule has 3 heteroatoms. The number of rotatable bonds is 22. The Morgan fingerprint density at radius 2 is 0.852 bits per heavy atom. The molecule has 0 spiro atoms. The summed E-state index contributed by atoms with van der Waals surface area (Å²) >= 11 is 0. The molecule has 0 saturated heterocycles. The normalized spacial score (nSPS) is 11.4. The van der Waals surface area contributed by atoms with Crippen molar-refractivity contribution >= 4 is 5.97 Å². The first kappa shape index (κ1) is 26.4. The minimum atomic E-state index is -0.931. The summed E-state index contributed by atoms with van der Waals surface area (Å²) < 4.78 is 0. The molecular formula is C24H48NO2-. The third kappa shape index (κ3) is 21.6. The number of carbonyl (C=O) groups is 1. The van der Waals surface area contributed by atoms with Crippen LogP contribution in [0.15, 0.2) is 0 Å². The molecule has 0 aromatic heterocycles. The zero-order valence-corrected chi connectivity index (χ0v) is 18.6.